The Kier molecular flexibility index (Phi) is 4.37. The van der Waals surface area contributed by atoms with E-state index in [-0.39, 0.29) is 0 Å². The molecule has 1 rings (SSSR count). The summed E-state index contributed by atoms with van der Waals surface area (Å²) in [6.07, 6.45) is 4.14. The second-order valence-electron chi connectivity index (χ2n) is 5.53. The van der Waals surface area contributed by atoms with E-state index < -0.39 is 18.2 Å². The van der Waals surface area contributed by atoms with Gasteiger partial charge < -0.3 is 8.68 Å². The molecule has 0 bridgehead atoms. The van der Waals surface area contributed by atoms with Crippen molar-refractivity contribution in [2.75, 3.05) is 0 Å². The lowest BCUT2D eigenvalue weighted by atomic mass is 10.0. The maximum atomic E-state index is 6.11. The second kappa shape index (κ2) is 4.92. The van der Waals surface area contributed by atoms with Gasteiger partial charge in [-0.3, -0.25) is 0 Å². The van der Waals surface area contributed by atoms with Crippen molar-refractivity contribution in [3.8, 4) is 0 Å². The molecule has 2 unspecified atom stereocenters. The topological polar surface area (TPSA) is 12.5 Å². The molecule has 14 heavy (non-hydrogen) atoms. The zero-order chi connectivity index (χ0) is 10.8. The lowest BCUT2D eigenvalue weighted by Crippen LogP contribution is -2.49. The van der Waals surface area contributed by atoms with Gasteiger partial charge >= 0.3 is 0 Å². The van der Waals surface area contributed by atoms with Crippen LogP contribution in [0.3, 0.4) is 0 Å². The molecule has 0 aromatic rings. The van der Waals surface area contributed by atoms with Crippen LogP contribution in [0.4, 0.5) is 0 Å². The van der Waals surface area contributed by atoms with Gasteiger partial charge in [0.25, 0.3) is 0 Å². The van der Waals surface area contributed by atoms with Crippen LogP contribution in [-0.4, -0.2) is 34.9 Å². The van der Waals surface area contributed by atoms with Crippen LogP contribution in [0.15, 0.2) is 0 Å². The van der Waals surface area contributed by atoms with E-state index in [4.69, 9.17) is 4.12 Å². The summed E-state index contributed by atoms with van der Waals surface area (Å²) in [4.78, 5) is 0. The molecule has 2 nitrogen and oxygen atoms in total. The van der Waals surface area contributed by atoms with Gasteiger partial charge in [-0.25, -0.2) is 0 Å². The third kappa shape index (κ3) is 3.84. The van der Waals surface area contributed by atoms with Crippen LogP contribution in [0.1, 0.15) is 33.1 Å². The van der Waals surface area contributed by atoms with Crippen molar-refractivity contribution in [2.24, 2.45) is 0 Å². The Labute approximate surface area is 92.2 Å². The molecule has 2 atom stereocenters. The number of piperidine rings is 1. The average molecular weight is 231 g/mol. The molecular weight excluding hydrogens is 206 g/mol. The minimum Gasteiger partial charge on any atom is -0.449 e. The van der Waals surface area contributed by atoms with E-state index in [1.54, 1.807) is 0 Å². The largest absolute Gasteiger partial charge is 0.449 e. The lowest BCUT2D eigenvalue weighted by molar-refractivity contribution is 0.189. The molecule has 0 radical (unpaired) electrons. The van der Waals surface area contributed by atoms with Gasteiger partial charge in [0.1, 0.15) is 0 Å². The van der Waals surface area contributed by atoms with Gasteiger partial charge in [-0.05, 0) is 32.5 Å². The second-order valence-corrected chi connectivity index (χ2v) is 11.9. The average Bonchev–Trinajstić information content (AvgIpc) is 2.01. The normalized spacial score (nSPS) is 31.5. The summed E-state index contributed by atoms with van der Waals surface area (Å²) in [6, 6.07) is 1.53. The molecule has 1 aliphatic rings. The summed E-state index contributed by atoms with van der Waals surface area (Å²) >= 11 is 0. The molecule has 1 heterocycles. The van der Waals surface area contributed by atoms with Gasteiger partial charge in [-0.2, -0.15) is 0 Å². The van der Waals surface area contributed by atoms with Gasteiger partial charge in [0.15, 0.2) is 8.32 Å². The number of rotatable bonds is 3. The highest BCUT2D eigenvalue weighted by Crippen LogP contribution is 2.21. The van der Waals surface area contributed by atoms with Gasteiger partial charge in [0.05, 0.1) is 0 Å². The number of hydrogen-bond donors (Lipinski definition) is 0. The van der Waals surface area contributed by atoms with Gasteiger partial charge in [0.2, 0.25) is 9.92 Å². The van der Waals surface area contributed by atoms with Crippen molar-refractivity contribution >= 4 is 18.2 Å². The number of hydrogen-bond acceptors (Lipinski definition) is 2. The van der Waals surface area contributed by atoms with Crippen LogP contribution in [0.5, 0.6) is 0 Å². The third-order valence-electron chi connectivity index (χ3n) is 3.02. The van der Waals surface area contributed by atoms with Crippen LogP contribution in [0.2, 0.25) is 19.6 Å². The molecule has 0 amide bonds. The molecule has 1 fully saturated rings. The maximum Gasteiger partial charge on any atom is 0.227 e. The van der Waals surface area contributed by atoms with Crippen LogP contribution < -0.4 is 0 Å². The first-order valence-electron chi connectivity index (χ1n) is 5.80. The van der Waals surface area contributed by atoms with E-state index in [1.807, 2.05) is 0 Å². The highest BCUT2D eigenvalue weighted by molar-refractivity contribution is 6.73. The van der Waals surface area contributed by atoms with E-state index in [1.165, 1.54) is 19.3 Å². The van der Waals surface area contributed by atoms with Crippen LogP contribution >= 0.6 is 0 Å². The summed E-state index contributed by atoms with van der Waals surface area (Å²) in [6.45, 7) is 11.6. The van der Waals surface area contributed by atoms with E-state index in [2.05, 4.69) is 38.1 Å². The van der Waals surface area contributed by atoms with Gasteiger partial charge in [0, 0.05) is 12.1 Å². The monoisotopic (exact) mass is 231 g/mol. The molecule has 0 N–H and O–H groups in total. The van der Waals surface area contributed by atoms with Crippen LogP contribution in [0, 0.1) is 0 Å². The molecule has 0 aliphatic carbocycles. The minimum atomic E-state index is -1.28. The van der Waals surface area contributed by atoms with Crippen molar-refractivity contribution in [3.05, 3.63) is 0 Å². The molecular formula is C10H25NOSi2. The Hall–Kier alpha value is 0.354. The predicted octanol–water partition coefficient (Wildman–Crippen LogP) is 2.10. The van der Waals surface area contributed by atoms with E-state index in [9.17, 15) is 0 Å². The molecule has 0 spiro atoms. The SMILES string of the molecule is CC1CCCC(C)N1[SiH2]O[Si](C)(C)C. The molecule has 0 aromatic carbocycles. The van der Waals surface area contributed by atoms with E-state index in [0.29, 0.717) is 0 Å². The molecule has 0 aromatic heterocycles. The lowest BCUT2D eigenvalue weighted by Gasteiger charge is -2.40. The van der Waals surface area contributed by atoms with Crippen molar-refractivity contribution in [1.82, 2.24) is 4.57 Å². The fraction of sp³-hybridized carbons (Fsp3) is 1.00. The first kappa shape index (κ1) is 12.4. The van der Waals surface area contributed by atoms with Crippen molar-refractivity contribution in [3.63, 3.8) is 0 Å². The smallest absolute Gasteiger partial charge is 0.227 e. The Morgan fingerprint density at radius 3 is 2.07 bits per heavy atom. The minimum absolute atomic E-state index is 0.439. The molecule has 4 heteroatoms. The Bertz CT molecular complexity index is 171. The van der Waals surface area contributed by atoms with Crippen molar-refractivity contribution in [2.45, 2.75) is 64.8 Å². The number of nitrogens with zero attached hydrogens (tertiary/aromatic N) is 1. The highest BCUT2D eigenvalue weighted by atomic mass is 28.4. The van der Waals surface area contributed by atoms with E-state index in [0.717, 1.165) is 12.1 Å². The fourth-order valence-corrected chi connectivity index (χ4v) is 5.02. The molecule has 0 saturated carbocycles. The Morgan fingerprint density at radius 2 is 1.64 bits per heavy atom. The van der Waals surface area contributed by atoms with E-state index >= 15 is 0 Å². The first-order chi connectivity index (χ1) is 6.40. The summed E-state index contributed by atoms with van der Waals surface area (Å²) in [5.41, 5.74) is 0. The predicted molar refractivity (Wildman–Crippen MR) is 67.6 cm³/mol. The quantitative estimate of drug-likeness (QED) is 0.690. The Balaban J connectivity index is 2.40. The Morgan fingerprint density at radius 1 is 1.14 bits per heavy atom. The summed E-state index contributed by atoms with van der Waals surface area (Å²) in [7, 11) is -1.72. The highest BCUT2D eigenvalue weighted by Gasteiger charge is 2.26. The zero-order valence-corrected chi connectivity index (χ0v) is 12.8. The molecule has 1 aliphatic heterocycles. The van der Waals surface area contributed by atoms with Gasteiger partial charge in [-0.15, -0.1) is 0 Å². The summed E-state index contributed by atoms with van der Waals surface area (Å²) < 4.78 is 8.77. The van der Waals surface area contributed by atoms with Gasteiger partial charge in [-0.1, -0.05) is 20.3 Å². The summed E-state index contributed by atoms with van der Waals surface area (Å²) in [5.74, 6) is 0. The molecule has 1 saturated heterocycles. The third-order valence-corrected chi connectivity index (χ3v) is 8.55. The maximum absolute atomic E-state index is 6.11. The summed E-state index contributed by atoms with van der Waals surface area (Å²) in [5, 5.41) is 0. The fourth-order valence-electron chi connectivity index (χ4n) is 2.00. The first-order valence-corrected chi connectivity index (χ1v) is 10.4. The standard InChI is InChI=1S/C10H25NOSi2/c1-9-7-6-8-10(2)11(9)13-12-14(3,4)5/h9-10H,6-8,13H2,1-5H3. The van der Waals surface area contributed by atoms with Crippen molar-refractivity contribution in [1.29, 1.82) is 0 Å². The van der Waals surface area contributed by atoms with Crippen LogP contribution in [0.25, 0.3) is 0 Å². The zero-order valence-electron chi connectivity index (χ0n) is 10.3. The van der Waals surface area contributed by atoms with Crippen molar-refractivity contribution < 1.29 is 4.12 Å². The van der Waals surface area contributed by atoms with Crippen LogP contribution in [-0.2, 0) is 4.12 Å². The molecule has 84 valence electrons.